The van der Waals surface area contributed by atoms with Crippen molar-refractivity contribution in [2.75, 3.05) is 6.61 Å². The predicted molar refractivity (Wildman–Crippen MR) is 78.5 cm³/mol. The van der Waals surface area contributed by atoms with E-state index in [-0.39, 0.29) is 12.4 Å². The van der Waals surface area contributed by atoms with Gasteiger partial charge in [0, 0.05) is 11.1 Å². The summed E-state index contributed by atoms with van der Waals surface area (Å²) >= 11 is 3.26. The van der Waals surface area contributed by atoms with E-state index in [2.05, 4.69) is 17.1 Å². The second kappa shape index (κ2) is 7.31. The Morgan fingerprint density at radius 3 is 2.89 bits per heavy atom. The summed E-state index contributed by atoms with van der Waals surface area (Å²) in [4.78, 5) is 15.8. The summed E-state index contributed by atoms with van der Waals surface area (Å²) in [6.07, 6.45) is 0.260. The highest BCUT2D eigenvalue weighted by molar-refractivity contribution is 8.00. The van der Waals surface area contributed by atoms with Crippen molar-refractivity contribution >= 4 is 29.1 Å². The maximum absolute atomic E-state index is 11.3. The molecule has 0 aliphatic carbocycles. The molecule has 19 heavy (non-hydrogen) atoms. The van der Waals surface area contributed by atoms with Crippen LogP contribution in [-0.2, 0) is 21.7 Å². The number of rotatable bonds is 6. The van der Waals surface area contributed by atoms with Gasteiger partial charge in [0.15, 0.2) is 0 Å². The number of carbonyl (C=O) groups is 1. The number of aromatic nitrogens is 1. The average molecular weight is 293 g/mol. The first-order valence-electron chi connectivity index (χ1n) is 6.04. The zero-order chi connectivity index (χ0) is 13.5. The largest absolute Gasteiger partial charge is 0.466 e. The quantitative estimate of drug-likeness (QED) is 0.603. The maximum atomic E-state index is 11.3. The zero-order valence-electron chi connectivity index (χ0n) is 10.7. The minimum absolute atomic E-state index is 0.215. The fraction of sp³-hybridized carbons (Fsp3) is 0.286. The number of ether oxygens (including phenoxy) is 1. The van der Waals surface area contributed by atoms with Crippen LogP contribution in [0.2, 0.25) is 0 Å². The molecule has 0 radical (unpaired) electrons. The van der Waals surface area contributed by atoms with E-state index >= 15 is 0 Å². The molecule has 0 atom stereocenters. The molecule has 1 aromatic heterocycles. The number of benzene rings is 1. The third kappa shape index (κ3) is 4.69. The fourth-order valence-corrected chi connectivity index (χ4v) is 3.32. The monoisotopic (exact) mass is 293 g/mol. The lowest BCUT2D eigenvalue weighted by Gasteiger charge is -1.99. The van der Waals surface area contributed by atoms with E-state index in [4.69, 9.17) is 4.74 Å². The first-order valence-corrected chi connectivity index (χ1v) is 7.91. The van der Waals surface area contributed by atoms with Gasteiger partial charge in [-0.2, -0.15) is 0 Å². The highest BCUT2D eigenvalue weighted by Crippen LogP contribution is 2.26. The van der Waals surface area contributed by atoms with Gasteiger partial charge >= 0.3 is 5.97 Å². The van der Waals surface area contributed by atoms with Gasteiger partial charge in [0.1, 0.15) is 4.34 Å². The highest BCUT2D eigenvalue weighted by Gasteiger charge is 2.08. The number of esters is 1. The summed E-state index contributed by atoms with van der Waals surface area (Å²) in [6.45, 7) is 2.22. The van der Waals surface area contributed by atoms with Gasteiger partial charge in [0.25, 0.3) is 0 Å². The molecule has 0 N–H and O–H groups in total. The Labute approximate surface area is 121 Å². The smallest absolute Gasteiger partial charge is 0.311 e. The Morgan fingerprint density at radius 2 is 2.16 bits per heavy atom. The van der Waals surface area contributed by atoms with Crippen LogP contribution in [0, 0.1) is 0 Å². The Morgan fingerprint density at radius 1 is 1.37 bits per heavy atom. The van der Waals surface area contributed by atoms with Crippen LogP contribution in [0.15, 0.2) is 40.1 Å². The number of carbonyl (C=O) groups excluding carboxylic acids is 1. The van der Waals surface area contributed by atoms with Crippen LogP contribution >= 0.6 is 23.1 Å². The zero-order valence-corrected chi connectivity index (χ0v) is 12.3. The molecule has 0 spiro atoms. The number of nitrogens with zero attached hydrogens (tertiary/aromatic N) is 1. The number of hydrogen-bond donors (Lipinski definition) is 0. The Hall–Kier alpha value is -1.33. The molecule has 1 heterocycles. The second-order valence-electron chi connectivity index (χ2n) is 3.86. The average Bonchev–Trinajstić information content (AvgIpc) is 2.85. The molecule has 2 rings (SSSR count). The first-order chi connectivity index (χ1) is 9.28. The van der Waals surface area contributed by atoms with E-state index in [9.17, 15) is 4.79 Å². The Balaban J connectivity index is 1.85. The van der Waals surface area contributed by atoms with Crippen molar-refractivity contribution in [1.82, 2.24) is 4.98 Å². The molecule has 3 nitrogen and oxygen atoms in total. The van der Waals surface area contributed by atoms with Crippen LogP contribution < -0.4 is 0 Å². The van der Waals surface area contributed by atoms with Crippen LogP contribution in [0.25, 0.3) is 0 Å². The first kappa shape index (κ1) is 14.1. The molecule has 0 aliphatic rings. The van der Waals surface area contributed by atoms with Gasteiger partial charge < -0.3 is 4.74 Å². The predicted octanol–water partition coefficient (Wildman–Crippen LogP) is 3.54. The third-order valence-corrected chi connectivity index (χ3v) is 4.51. The molecular weight excluding hydrogens is 278 g/mol. The normalized spacial score (nSPS) is 10.4. The molecule has 0 fully saturated rings. The fourth-order valence-electron chi connectivity index (χ4n) is 1.52. The van der Waals surface area contributed by atoms with Gasteiger partial charge in [-0.05, 0) is 12.5 Å². The van der Waals surface area contributed by atoms with E-state index in [1.807, 2.05) is 23.6 Å². The van der Waals surface area contributed by atoms with Crippen molar-refractivity contribution in [3.8, 4) is 0 Å². The lowest BCUT2D eigenvalue weighted by molar-refractivity contribution is -0.142. The van der Waals surface area contributed by atoms with Crippen molar-refractivity contribution in [3.63, 3.8) is 0 Å². The lowest BCUT2D eigenvalue weighted by Crippen LogP contribution is -2.07. The molecule has 0 saturated carbocycles. The number of hydrogen-bond acceptors (Lipinski definition) is 5. The van der Waals surface area contributed by atoms with Crippen molar-refractivity contribution in [2.45, 2.75) is 23.4 Å². The molecule has 0 unspecified atom stereocenters. The standard InChI is InChI=1S/C14H15NO2S2/c1-2-17-13(16)8-12-10-19-14(15-12)18-9-11-6-4-3-5-7-11/h3-7,10H,2,8-9H2,1H3. The highest BCUT2D eigenvalue weighted by atomic mass is 32.2. The minimum atomic E-state index is -0.215. The maximum Gasteiger partial charge on any atom is 0.311 e. The summed E-state index contributed by atoms with van der Waals surface area (Å²) in [7, 11) is 0. The molecule has 100 valence electrons. The van der Waals surface area contributed by atoms with E-state index < -0.39 is 0 Å². The van der Waals surface area contributed by atoms with Gasteiger partial charge in [-0.1, -0.05) is 42.1 Å². The summed E-state index contributed by atoms with van der Waals surface area (Å²) in [5.41, 5.74) is 2.06. The molecular formula is C14H15NO2S2. The van der Waals surface area contributed by atoms with Crippen molar-refractivity contribution in [1.29, 1.82) is 0 Å². The molecule has 5 heteroatoms. The van der Waals surface area contributed by atoms with Crippen LogP contribution in [0.5, 0.6) is 0 Å². The van der Waals surface area contributed by atoms with E-state index in [0.29, 0.717) is 6.61 Å². The second-order valence-corrected chi connectivity index (χ2v) is 5.94. The van der Waals surface area contributed by atoms with Crippen LogP contribution in [-0.4, -0.2) is 17.6 Å². The van der Waals surface area contributed by atoms with E-state index in [1.54, 1.807) is 30.0 Å². The Bertz CT molecular complexity index is 525. The van der Waals surface area contributed by atoms with E-state index in [1.165, 1.54) is 5.56 Å². The van der Waals surface area contributed by atoms with Crippen molar-refractivity contribution < 1.29 is 9.53 Å². The molecule has 2 aromatic rings. The van der Waals surface area contributed by atoms with Crippen molar-refractivity contribution in [3.05, 3.63) is 47.0 Å². The molecule has 1 aromatic carbocycles. The molecule has 0 aliphatic heterocycles. The Kier molecular flexibility index (Phi) is 5.42. The van der Waals surface area contributed by atoms with Gasteiger partial charge in [-0.3, -0.25) is 4.79 Å². The molecule has 0 saturated heterocycles. The third-order valence-electron chi connectivity index (χ3n) is 2.37. The summed E-state index contributed by atoms with van der Waals surface area (Å²) < 4.78 is 5.89. The van der Waals surface area contributed by atoms with Crippen LogP contribution in [0.1, 0.15) is 18.2 Å². The molecule has 0 bridgehead atoms. The van der Waals surface area contributed by atoms with Gasteiger partial charge in [-0.25, -0.2) is 4.98 Å². The summed E-state index contributed by atoms with van der Waals surface area (Å²) in [6, 6.07) is 10.3. The topological polar surface area (TPSA) is 39.2 Å². The minimum Gasteiger partial charge on any atom is -0.466 e. The number of thioether (sulfide) groups is 1. The van der Waals surface area contributed by atoms with Crippen LogP contribution in [0.4, 0.5) is 0 Å². The SMILES string of the molecule is CCOC(=O)Cc1csc(SCc2ccccc2)n1. The van der Waals surface area contributed by atoms with E-state index in [0.717, 1.165) is 15.8 Å². The molecule has 0 amide bonds. The van der Waals surface area contributed by atoms with Crippen molar-refractivity contribution in [2.24, 2.45) is 0 Å². The number of thiazole rings is 1. The summed E-state index contributed by atoms with van der Waals surface area (Å²) in [5, 5.41) is 1.92. The lowest BCUT2D eigenvalue weighted by atomic mass is 10.2. The van der Waals surface area contributed by atoms with Gasteiger partial charge in [-0.15, -0.1) is 11.3 Å². The summed E-state index contributed by atoms with van der Waals surface area (Å²) in [5.74, 6) is 0.681. The van der Waals surface area contributed by atoms with Gasteiger partial charge in [0.2, 0.25) is 0 Å². The van der Waals surface area contributed by atoms with Gasteiger partial charge in [0.05, 0.1) is 18.7 Å². The van der Waals surface area contributed by atoms with Crippen LogP contribution in [0.3, 0.4) is 0 Å².